The molecule has 1 aromatic carbocycles. The first-order chi connectivity index (χ1) is 9.17. The average molecular weight is 257 g/mol. The van der Waals surface area contributed by atoms with Gasteiger partial charge in [-0.2, -0.15) is 0 Å². The van der Waals surface area contributed by atoms with Crippen molar-refractivity contribution < 1.29 is 4.74 Å². The van der Waals surface area contributed by atoms with Gasteiger partial charge in [-0.05, 0) is 30.8 Å². The van der Waals surface area contributed by atoms with Gasteiger partial charge in [-0.1, -0.05) is 18.2 Å². The summed E-state index contributed by atoms with van der Waals surface area (Å²) in [5.74, 6) is 0.651. The van der Waals surface area contributed by atoms with E-state index in [4.69, 9.17) is 10.5 Å². The third-order valence-corrected chi connectivity index (χ3v) is 2.85. The van der Waals surface area contributed by atoms with Crippen LogP contribution in [0.4, 0.5) is 5.69 Å². The van der Waals surface area contributed by atoms with Crippen LogP contribution in [0.5, 0.6) is 5.88 Å². The number of nitrogens with zero attached hydrogens (tertiary/aromatic N) is 2. The molecule has 0 atom stereocenters. The van der Waals surface area contributed by atoms with Crippen molar-refractivity contribution in [1.82, 2.24) is 9.88 Å². The fourth-order valence-corrected chi connectivity index (χ4v) is 1.93. The molecule has 4 nitrogen and oxygen atoms in total. The zero-order valence-corrected chi connectivity index (χ0v) is 11.3. The topological polar surface area (TPSA) is 51.4 Å². The first-order valence-corrected chi connectivity index (χ1v) is 6.20. The summed E-state index contributed by atoms with van der Waals surface area (Å²) in [4.78, 5) is 6.60. The summed E-state index contributed by atoms with van der Waals surface area (Å²) in [6, 6.07) is 13.7. The van der Waals surface area contributed by atoms with E-state index >= 15 is 0 Å². The Labute approximate surface area is 113 Å². The Balaban J connectivity index is 1.96. The van der Waals surface area contributed by atoms with Gasteiger partial charge in [0.15, 0.2) is 0 Å². The summed E-state index contributed by atoms with van der Waals surface area (Å²) in [5, 5.41) is 0. The van der Waals surface area contributed by atoms with Crippen LogP contribution in [0.1, 0.15) is 11.3 Å². The van der Waals surface area contributed by atoms with Crippen molar-refractivity contribution in [2.45, 2.75) is 13.1 Å². The molecule has 4 heteroatoms. The fraction of sp³-hybridized carbons (Fsp3) is 0.267. The molecule has 0 aliphatic heterocycles. The number of nitrogens with two attached hydrogens (primary N) is 1. The van der Waals surface area contributed by atoms with Crippen LogP contribution >= 0.6 is 0 Å². The second-order valence-electron chi connectivity index (χ2n) is 4.59. The standard InChI is InChI=1S/C15H19N3O/c1-18(10-12-6-8-13(16)9-7-12)11-14-4-3-5-15(17-14)19-2/h3-9H,10-11,16H2,1-2H3. The van der Waals surface area contributed by atoms with E-state index in [1.54, 1.807) is 7.11 Å². The third-order valence-electron chi connectivity index (χ3n) is 2.85. The minimum Gasteiger partial charge on any atom is -0.481 e. The lowest BCUT2D eigenvalue weighted by molar-refractivity contribution is 0.312. The molecule has 0 aliphatic carbocycles. The second-order valence-corrected chi connectivity index (χ2v) is 4.59. The number of hydrogen-bond donors (Lipinski definition) is 1. The smallest absolute Gasteiger partial charge is 0.213 e. The van der Waals surface area contributed by atoms with Crippen LogP contribution in [-0.4, -0.2) is 24.0 Å². The van der Waals surface area contributed by atoms with E-state index < -0.39 is 0 Å². The van der Waals surface area contributed by atoms with Gasteiger partial charge >= 0.3 is 0 Å². The van der Waals surface area contributed by atoms with Crippen molar-refractivity contribution in [2.24, 2.45) is 0 Å². The van der Waals surface area contributed by atoms with Crippen LogP contribution in [0.3, 0.4) is 0 Å². The Bertz CT molecular complexity index is 525. The van der Waals surface area contributed by atoms with Crippen LogP contribution in [0.15, 0.2) is 42.5 Å². The largest absolute Gasteiger partial charge is 0.481 e. The molecule has 0 saturated carbocycles. The summed E-state index contributed by atoms with van der Waals surface area (Å²) in [7, 11) is 3.70. The number of methoxy groups -OCH3 is 1. The van der Waals surface area contributed by atoms with E-state index in [0.29, 0.717) is 5.88 Å². The Morgan fingerprint density at radius 3 is 2.53 bits per heavy atom. The lowest BCUT2D eigenvalue weighted by Crippen LogP contribution is -2.18. The molecular weight excluding hydrogens is 238 g/mol. The molecule has 0 bridgehead atoms. The van der Waals surface area contributed by atoms with Crippen LogP contribution in [0.2, 0.25) is 0 Å². The van der Waals surface area contributed by atoms with Crippen molar-refractivity contribution in [3.63, 3.8) is 0 Å². The maximum Gasteiger partial charge on any atom is 0.213 e. The maximum atomic E-state index is 5.68. The lowest BCUT2D eigenvalue weighted by Gasteiger charge is -2.16. The molecule has 1 aromatic heterocycles. The molecule has 2 N–H and O–H groups in total. The average Bonchev–Trinajstić information content (AvgIpc) is 2.41. The van der Waals surface area contributed by atoms with Gasteiger partial charge in [0.2, 0.25) is 5.88 Å². The summed E-state index contributed by atoms with van der Waals surface area (Å²) >= 11 is 0. The zero-order valence-electron chi connectivity index (χ0n) is 11.3. The van der Waals surface area contributed by atoms with E-state index in [-0.39, 0.29) is 0 Å². The first kappa shape index (κ1) is 13.4. The molecule has 100 valence electrons. The van der Waals surface area contributed by atoms with Crippen molar-refractivity contribution in [2.75, 3.05) is 19.9 Å². The van der Waals surface area contributed by atoms with E-state index in [0.717, 1.165) is 24.5 Å². The number of rotatable bonds is 5. The van der Waals surface area contributed by atoms with Crippen LogP contribution < -0.4 is 10.5 Å². The minimum absolute atomic E-state index is 0.651. The summed E-state index contributed by atoms with van der Waals surface area (Å²) < 4.78 is 5.12. The highest BCUT2D eigenvalue weighted by Crippen LogP contribution is 2.11. The Morgan fingerprint density at radius 1 is 1.11 bits per heavy atom. The predicted octanol–water partition coefficient (Wildman–Crippen LogP) is 2.30. The van der Waals surface area contributed by atoms with Gasteiger partial charge in [-0.15, -0.1) is 0 Å². The van der Waals surface area contributed by atoms with Gasteiger partial charge < -0.3 is 10.5 Å². The summed E-state index contributed by atoms with van der Waals surface area (Å²) in [6.45, 7) is 1.64. The third kappa shape index (κ3) is 3.96. The second kappa shape index (κ2) is 6.20. The predicted molar refractivity (Wildman–Crippen MR) is 76.8 cm³/mol. The summed E-state index contributed by atoms with van der Waals surface area (Å²) in [5.41, 5.74) is 8.70. The van der Waals surface area contributed by atoms with Crippen LogP contribution in [0, 0.1) is 0 Å². The van der Waals surface area contributed by atoms with Gasteiger partial charge in [0.05, 0.1) is 12.8 Å². The molecule has 2 aromatic rings. The van der Waals surface area contributed by atoms with E-state index in [1.165, 1.54) is 5.56 Å². The lowest BCUT2D eigenvalue weighted by atomic mass is 10.2. The molecule has 0 radical (unpaired) electrons. The van der Waals surface area contributed by atoms with Crippen LogP contribution in [-0.2, 0) is 13.1 Å². The normalized spacial score (nSPS) is 10.7. The highest BCUT2D eigenvalue weighted by Gasteiger charge is 2.04. The number of pyridine rings is 1. The van der Waals surface area contributed by atoms with Crippen molar-refractivity contribution in [1.29, 1.82) is 0 Å². The molecular formula is C15H19N3O. The number of ether oxygens (including phenoxy) is 1. The van der Waals surface area contributed by atoms with Crippen LogP contribution in [0.25, 0.3) is 0 Å². The maximum absolute atomic E-state index is 5.68. The highest BCUT2D eigenvalue weighted by atomic mass is 16.5. The molecule has 19 heavy (non-hydrogen) atoms. The number of hydrogen-bond acceptors (Lipinski definition) is 4. The van der Waals surface area contributed by atoms with E-state index in [9.17, 15) is 0 Å². The molecule has 0 spiro atoms. The van der Waals surface area contributed by atoms with Crippen molar-refractivity contribution >= 4 is 5.69 Å². The molecule has 0 amide bonds. The molecule has 1 heterocycles. The van der Waals surface area contributed by atoms with Gasteiger partial charge in [-0.3, -0.25) is 4.90 Å². The molecule has 0 fully saturated rings. The van der Waals surface area contributed by atoms with Crippen molar-refractivity contribution in [3.8, 4) is 5.88 Å². The number of aromatic nitrogens is 1. The minimum atomic E-state index is 0.651. The number of anilines is 1. The fourth-order valence-electron chi connectivity index (χ4n) is 1.93. The SMILES string of the molecule is COc1cccc(CN(C)Cc2ccc(N)cc2)n1. The highest BCUT2D eigenvalue weighted by molar-refractivity contribution is 5.39. The Hall–Kier alpha value is -2.07. The zero-order chi connectivity index (χ0) is 13.7. The van der Waals surface area contributed by atoms with E-state index in [2.05, 4.69) is 16.9 Å². The number of benzene rings is 1. The molecule has 0 unspecified atom stereocenters. The van der Waals surface area contributed by atoms with E-state index in [1.807, 2.05) is 42.5 Å². The monoisotopic (exact) mass is 257 g/mol. The van der Waals surface area contributed by atoms with Crippen molar-refractivity contribution in [3.05, 3.63) is 53.7 Å². The number of nitrogen functional groups attached to an aromatic ring is 1. The first-order valence-electron chi connectivity index (χ1n) is 6.20. The van der Waals surface area contributed by atoms with Gasteiger partial charge in [0.1, 0.15) is 0 Å². The Morgan fingerprint density at radius 2 is 1.84 bits per heavy atom. The molecule has 0 saturated heterocycles. The van der Waals surface area contributed by atoms with Gasteiger partial charge in [-0.25, -0.2) is 4.98 Å². The molecule has 0 aliphatic rings. The summed E-state index contributed by atoms with van der Waals surface area (Å²) in [6.07, 6.45) is 0. The van der Waals surface area contributed by atoms with Gasteiger partial charge in [0.25, 0.3) is 0 Å². The Kier molecular flexibility index (Phi) is 4.36. The van der Waals surface area contributed by atoms with Gasteiger partial charge in [0, 0.05) is 24.8 Å². The quantitative estimate of drug-likeness (QED) is 0.835. The molecule has 2 rings (SSSR count).